The first-order valence-electron chi connectivity index (χ1n) is 5.51. The Kier molecular flexibility index (Phi) is 3.02. The van der Waals surface area contributed by atoms with Crippen LogP contribution in [0.1, 0.15) is 26.1 Å². The summed E-state index contributed by atoms with van der Waals surface area (Å²) in [5.41, 5.74) is 0. The van der Waals surface area contributed by atoms with Crippen molar-refractivity contribution in [3.63, 3.8) is 0 Å². The van der Waals surface area contributed by atoms with E-state index in [9.17, 15) is 5.11 Å². The molecule has 0 aliphatic carbocycles. The van der Waals surface area contributed by atoms with Gasteiger partial charge in [0.05, 0.1) is 12.6 Å². The summed E-state index contributed by atoms with van der Waals surface area (Å²) in [7, 11) is 0. The molecule has 0 saturated carbocycles. The maximum atomic E-state index is 9.79. The van der Waals surface area contributed by atoms with Crippen LogP contribution in [0.5, 0.6) is 0 Å². The van der Waals surface area contributed by atoms with E-state index in [2.05, 4.69) is 26.6 Å². The van der Waals surface area contributed by atoms with Gasteiger partial charge in [0, 0.05) is 19.1 Å². The van der Waals surface area contributed by atoms with E-state index in [1.54, 1.807) is 6.33 Å². The molecule has 0 aromatic carbocycles. The van der Waals surface area contributed by atoms with Crippen LogP contribution in [0.15, 0.2) is 6.33 Å². The van der Waals surface area contributed by atoms with E-state index in [1.807, 2.05) is 6.92 Å². The van der Waals surface area contributed by atoms with Gasteiger partial charge in [-0.15, -0.1) is 10.2 Å². The van der Waals surface area contributed by atoms with E-state index in [4.69, 9.17) is 0 Å². The zero-order chi connectivity index (χ0) is 10.8. The summed E-state index contributed by atoms with van der Waals surface area (Å²) < 4.78 is 2.07. The number of hydrogen-bond acceptors (Lipinski definition) is 4. The molecule has 1 aliphatic heterocycles. The van der Waals surface area contributed by atoms with Gasteiger partial charge in [0.2, 0.25) is 0 Å². The first kappa shape index (κ1) is 10.6. The molecule has 2 heterocycles. The second-order valence-electron chi connectivity index (χ2n) is 4.13. The largest absolute Gasteiger partial charge is 0.392 e. The lowest BCUT2D eigenvalue weighted by molar-refractivity contribution is 0.0403. The summed E-state index contributed by atoms with van der Waals surface area (Å²) in [6.45, 7) is 6.75. The molecule has 2 unspecified atom stereocenters. The lowest BCUT2D eigenvalue weighted by Crippen LogP contribution is -2.45. The molecule has 1 aromatic heterocycles. The Morgan fingerprint density at radius 2 is 2.33 bits per heavy atom. The van der Waals surface area contributed by atoms with Crippen LogP contribution in [0.3, 0.4) is 0 Å². The van der Waals surface area contributed by atoms with Crippen molar-refractivity contribution in [2.45, 2.75) is 45.5 Å². The molecule has 0 bridgehead atoms. The average Bonchev–Trinajstić information content (AvgIpc) is 2.73. The van der Waals surface area contributed by atoms with Crippen molar-refractivity contribution < 1.29 is 5.11 Å². The van der Waals surface area contributed by atoms with E-state index in [-0.39, 0.29) is 12.1 Å². The summed E-state index contributed by atoms with van der Waals surface area (Å²) in [6.07, 6.45) is 2.32. The molecule has 2 atom stereocenters. The Bertz CT molecular complexity index is 325. The molecule has 5 nitrogen and oxygen atoms in total. The monoisotopic (exact) mass is 210 g/mol. The number of aliphatic hydroxyl groups is 1. The minimum atomic E-state index is -0.250. The highest BCUT2D eigenvalue weighted by Gasteiger charge is 2.25. The molecule has 1 aliphatic rings. The molecule has 0 radical (unpaired) electrons. The standard InChI is InChI=1S/C10H18N4O/c1-3-9(15)8(2)13-4-5-14-7-11-12-10(14)6-13/h7-9,15H,3-6H2,1-2H3. The fourth-order valence-electron chi connectivity index (χ4n) is 2.02. The van der Waals surface area contributed by atoms with Gasteiger partial charge in [0.25, 0.3) is 0 Å². The van der Waals surface area contributed by atoms with Crippen molar-refractivity contribution in [3.8, 4) is 0 Å². The number of hydrogen-bond donors (Lipinski definition) is 1. The summed E-state index contributed by atoms with van der Waals surface area (Å²) >= 11 is 0. The lowest BCUT2D eigenvalue weighted by atomic mass is 10.1. The van der Waals surface area contributed by atoms with Crippen LogP contribution in [0.25, 0.3) is 0 Å². The first-order chi connectivity index (χ1) is 7.22. The Morgan fingerprint density at radius 1 is 1.53 bits per heavy atom. The fourth-order valence-corrected chi connectivity index (χ4v) is 2.02. The van der Waals surface area contributed by atoms with Crippen LogP contribution in [-0.4, -0.2) is 43.5 Å². The maximum absolute atomic E-state index is 9.79. The molecule has 1 aromatic rings. The van der Waals surface area contributed by atoms with E-state index < -0.39 is 0 Å². The molecular formula is C10H18N4O. The van der Waals surface area contributed by atoms with E-state index in [0.29, 0.717) is 0 Å². The van der Waals surface area contributed by atoms with Gasteiger partial charge in [-0.2, -0.15) is 0 Å². The third kappa shape index (κ3) is 2.03. The van der Waals surface area contributed by atoms with Crippen LogP contribution in [0.2, 0.25) is 0 Å². The molecule has 15 heavy (non-hydrogen) atoms. The average molecular weight is 210 g/mol. The minimum Gasteiger partial charge on any atom is -0.392 e. The molecule has 1 N–H and O–H groups in total. The second-order valence-corrected chi connectivity index (χ2v) is 4.13. The number of aromatic nitrogens is 3. The normalized spacial score (nSPS) is 21.0. The molecule has 0 fully saturated rings. The Balaban J connectivity index is 2.03. The number of aliphatic hydroxyl groups excluding tert-OH is 1. The summed E-state index contributed by atoms with van der Waals surface area (Å²) in [5, 5.41) is 17.7. The van der Waals surface area contributed by atoms with Gasteiger partial charge in [-0.05, 0) is 13.3 Å². The summed E-state index contributed by atoms with van der Waals surface area (Å²) in [4.78, 5) is 2.26. The molecule has 84 valence electrons. The van der Waals surface area contributed by atoms with Gasteiger partial charge < -0.3 is 9.67 Å². The third-order valence-electron chi connectivity index (χ3n) is 3.22. The predicted molar refractivity (Wildman–Crippen MR) is 56.2 cm³/mol. The van der Waals surface area contributed by atoms with Crippen molar-refractivity contribution in [3.05, 3.63) is 12.2 Å². The highest BCUT2D eigenvalue weighted by atomic mass is 16.3. The van der Waals surface area contributed by atoms with Crippen molar-refractivity contribution in [2.24, 2.45) is 0 Å². The lowest BCUT2D eigenvalue weighted by Gasteiger charge is -2.34. The van der Waals surface area contributed by atoms with Crippen molar-refractivity contribution in [2.75, 3.05) is 6.54 Å². The van der Waals surface area contributed by atoms with Crippen molar-refractivity contribution in [1.82, 2.24) is 19.7 Å². The van der Waals surface area contributed by atoms with E-state index in [1.165, 1.54) is 0 Å². The van der Waals surface area contributed by atoms with Gasteiger partial charge in [0.1, 0.15) is 12.2 Å². The fraction of sp³-hybridized carbons (Fsp3) is 0.800. The van der Waals surface area contributed by atoms with E-state index >= 15 is 0 Å². The third-order valence-corrected chi connectivity index (χ3v) is 3.22. The van der Waals surface area contributed by atoms with Crippen LogP contribution in [-0.2, 0) is 13.1 Å². The van der Waals surface area contributed by atoms with Crippen LogP contribution >= 0.6 is 0 Å². The zero-order valence-corrected chi connectivity index (χ0v) is 9.30. The topological polar surface area (TPSA) is 54.2 Å². The molecular weight excluding hydrogens is 192 g/mol. The molecule has 0 spiro atoms. The Morgan fingerprint density at radius 3 is 3.07 bits per heavy atom. The van der Waals surface area contributed by atoms with Crippen LogP contribution in [0.4, 0.5) is 0 Å². The number of rotatable bonds is 3. The first-order valence-corrected chi connectivity index (χ1v) is 5.51. The molecule has 0 saturated heterocycles. The van der Waals surface area contributed by atoms with Gasteiger partial charge in [-0.1, -0.05) is 6.92 Å². The number of nitrogens with zero attached hydrogens (tertiary/aromatic N) is 4. The van der Waals surface area contributed by atoms with E-state index in [0.717, 1.165) is 31.9 Å². The molecule has 5 heteroatoms. The maximum Gasteiger partial charge on any atom is 0.147 e. The summed E-state index contributed by atoms with van der Waals surface area (Å²) in [5.74, 6) is 0.997. The SMILES string of the molecule is CCC(O)C(C)N1CCn2cnnc2C1. The predicted octanol–water partition coefficient (Wildman–Crippen LogP) is 0.253. The Labute approximate surface area is 89.7 Å². The quantitative estimate of drug-likeness (QED) is 0.777. The smallest absolute Gasteiger partial charge is 0.147 e. The molecule has 2 rings (SSSR count). The van der Waals surface area contributed by atoms with Gasteiger partial charge in [0.15, 0.2) is 0 Å². The van der Waals surface area contributed by atoms with Gasteiger partial charge >= 0.3 is 0 Å². The summed E-state index contributed by atoms with van der Waals surface area (Å²) in [6, 6.07) is 0.195. The molecule has 0 amide bonds. The van der Waals surface area contributed by atoms with Crippen LogP contribution in [0, 0.1) is 0 Å². The van der Waals surface area contributed by atoms with Gasteiger partial charge in [-0.25, -0.2) is 0 Å². The minimum absolute atomic E-state index is 0.195. The Hall–Kier alpha value is -0.940. The highest BCUT2D eigenvalue weighted by molar-refractivity contribution is 4.92. The van der Waals surface area contributed by atoms with Crippen LogP contribution < -0.4 is 0 Å². The second kappa shape index (κ2) is 4.28. The number of fused-ring (bicyclic) bond motifs is 1. The zero-order valence-electron chi connectivity index (χ0n) is 9.30. The van der Waals surface area contributed by atoms with Crippen molar-refractivity contribution >= 4 is 0 Å². The van der Waals surface area contributed by atoms with Crippen molar-refractivity contribution in [1.29, 1.82) is 0 Å². The van der Waals surface area contributed by atoms with Gasteiger partial charge in [-0.3, -0.25) is 4.90 Å². The highest BCUT2D eigenvalue weighted by Crippen LogP contribution is 2.15.